The molecule has 0 spiro atoms. The molecule has 0 aromatic heterocycles. The zero-order chi connectivity index (χ0) is 22.2. The highest BCUT2D eigenvalue weighted by Gasteiger charge is 2.26. The fourth-order valence-electron chi connectivity index (χ4n) is 2.46. The number of anilines is 2. The molecule has 10 heteroatoms. The van der Waals surface area contributed by atoms with E-state index in [0.717, 1.165) is 0 Å². The van der Waals surface area contributed by atoms with Crippen molar-refractivity contribution in [2.45, 2.75) is 0 Å². The first-order valence-corrected chi connectivity index (χ1v) is 9.60. The van der Waals surface area contributed by atoms with Crippen LogP contribution >= 0.6 is 0 Å². The zero-order valence-corrected chi connectivity index (χ0v) is 18.1. The monoisotopic (exact) mass is 428 g/mol. The van der Waals surface area contributed by atoms with Gasteiger partial charge in [-0.1, -0.05) is 0 Å². The van der Waals surface area contributed by atoms with E-state index in [1.807, 2.05) is 0 Å². The van der Waals surface area contributed by atoms with Crippen molar-refractivity contribution < 1.29 is 38.0 Å². The van der Waals surface area contributed by atoms with Gasteiger partial charge in [-0.3, -0.25) is 0 Å². The van der Waals surface area contributed by atoms with E-state index in [1.54, 1.807) is 40.4 Å². The molecule has 30 heavy (non-hydrogen) atoms. The third kappa shape index (κ3) is 8.54. The molecule has 0 aliphatic carbocycles. The van der Waals surface area contributed by atoms with E-state index in [2.05, 4.69) is 10.6 Å². The van der Waals surface area contributed by atoms with E-state index in [9.17, 15) is 9.59 Å². The maximum absolute atomic E-state index is 12.7. The molecule has 0 radical (unpaired) electrons. The van der Waals surface area contributed by atoms with Gasteiger partial charge in [0.15, 0.2) is 0 Å². The fourth-order valence-corrected chi connectivity index (χ4v) is 2.46. The van der Waals surface area contributed by atoms with Gasteiger partial charge in [0.25, 0.3) is 0 Å². The first-order chi connectivity index (χ1) is 14.6. The van der Waals surface area contributed by atoms with Gasteiger partial charge in [-0.05, 0) is 12.1 Å². The minimum atomic E-state index is -0.657. The molecule has 1 rings (SSSR count). The highest BCUT2D eigenvalue weighted by atomic mass is 16.6. The molecule has 0 atom stereocenters. The Morgan fingerprint density at radius 2 is 1.03 bits per heavy atom. The van der Waals surface area contributed by atoms with Crippen molar-refractivity contribution in [3.63, 3.8) is 0 Å². The maximum atomic E-state index is 12.7. The van der Waals surface area contributed by atoms with Gasteiger partial charge in [0.1, 0.15) is 13.2 Å². The van der Waals surface area contributed by atoms with E-state index in [0.29, 0.717) is 37.8 Å². The summed E-state index contributed by atoms with van der Waals surface area (Å²) in [5.74, 6) is -1.31. The average Bonchev–Trinajstić information content (AvgIpc) is 2.76. The van der Waals surface area contributed by atoms with Gasteiger partial charge in [-0.15, -0.1) is 0 Å². The van der Waals surface area contributed by atoms with E-state index < -0.39 is 11.9 Å². The molecule has 0 saturated carbocycles. The molecule has 0 unspecified atom stereocenters. The highest BCUT2D eigenvalue weighted by Crippen LogP contribution is 2.28. The third-order valence-electron chi connectivity index (χ3n) is 3.94. The summed E-state index contributed by atoms with van der Waals surface area (Å²) in [6, 6.07) is 3.37. The van der Waals surface area contributed by atoms with Crippen molar-refractivity contribution in [2.75, 3.05) is 91.8 Å². The Balaban J connectivity index is 2.85. The number of carbonyl (C=O) groups excluding carboxylic acids is 2. The van der Waals surface area contributed by atoms with E-state index in [-0.39, 0.29) is 37.6 Å². The Hall–Kier alpha value is -2.40. The number of esters is 2. The van der Waals surface area contributed by atoms with Gasteiger partial charge in [0.05, 0.1) is 50.8 Å². The minimum Gasteiger partial charge on any atom is -0.460 e. The van der Waals surface area contributed by atoms with Gasteiger partial charge in [0.2, 0.25) is 0 Å². The van der Waals surface area contributed by atoms with Crippen LogP contribution in [-0.4, -0.2) is 93.1 Å². The molecule has 0 aliphatic heterocycles. The molecule has 0 amide bonds. The predicted octanol–water partition coefficient (Wildman–Crippen LogP) is 1.41. The van der Waals surface area contributed by atoms with Crippen LogP contribution < -0.4 is 10.6 Å². The topological polar surface area (TPSA) is 114 Å². The van der Waals surface area contributed by atoms with E-state index in [4.69, 9.17) is 28.4 Å². The van der Waals surface area contributed by atoms with Crippen LogP contribution in [-0.2, 0) is 28.4 Å². The minimum absolute atomic E-state index is 0.0390. The van der Waals surface area contributed by atoms with E-state index in [1.165, 1.54) is 0 Å². The Morgan fingerprint density at radius 3 is 1.37 bits per heavy atom. The molecule has 0 aliphatic rings. The highest BCUT2D eigenvalue weighted by molar-refractivity contribution is 6.10. The number of hydrogen-bond donors (Lipinski definition) is 2. The van der Waals surface area contributed by atoms with Gasteiger partial charge in [0, 0.05) is 39.7 Å². The molecule has 0 heterocycles. The maximum Gasteiger partial charge on any atom is 0.341 e. The predicted molar refractivity (Wildman–Crippen MR) is 111 cm³/mol. The summed E-state index contributed by atoms with van der Waals surface area (Å²) < 4.78 is 30.9. The van der Waals surface area contributed by atoms with Gasteiger partial charge in [-0.25, -0.2) is 9.59 Å². The summed E-state index contributed by atoms with van der Waals surface area (Å²) in [6.45, 7) is 2.21. The summed E-state index contributed by atoms with van der Waals surface area (Å²) in [4.78, 5) is 25.5. The summed E-state index contributed by atoms with van der Waals surface area (Å²) in [6.07, 6.45) is 0. The average molecular weight is 428 g/mol. The lowest BCUT2D eigenvalue weighted by molar-refractivity contribution is 0.0186. The SMILES string of the molecule is CNc1ccc(NC)c(C(=O)OCCOCCOC)c1C(=O)OCCOCCOC. The van der Waals surface area contributed by atoms with Gasteiger partial charge in [-0.2, -0.15) is 0 Å². The Labute approximate surface area is 177 Å². The lowest BCUT2D eigenvalue weighted by atomic mass is 10.0. The standard InChI is InChI=1S/C20H32N2O8/c1-21-15-5-6-16(22-2)18(20(24)30-14-12-28-10-8-26-4)17(15)19(23)29-13-11-27-9-7-25-3/h5-6,21-22H,7-14H2,1-4H3. The van der Waals surface area contributed by atoms with Crippen LogP contribution in [0.15, 0.2) is 12.1 Å². The molecule has 10 nitrogen and oxygen atoms in total. The number of carbonyl (C=O) groups is 2. The van der Waals surface area contributed by atoms with Crippen LogP contribution in [0.25, 0.3) is 0 Å². The quantitative estimate of drug-likeness (QED) is 0.296. The molecular weight excluding hydrogens is 396 g/mol. The fraction of sp³-hybridized carbons (Fsp3) is 0.600. The van der Waals surface area contributed by atoms with Crippen LogP contribution in [0, 0.1) is 0 Å². The first kappa shape index (κ1) is 25.6. The van der Waals surface area contributed by atoms with E-state index >= 15 is 0 Å². The molecule has 0 bridgehead atoms. The number of ether oxygens (including phenoxy) is 6. The molecule has 0 fully saturated rings. The summed E-state index contributed by atoms with van der Waals surface area (Å²) in [7, 11) is 6.45. The zero-order valence-electron chi connectivity index (χ0n) is 18.1. The van der Waals surface area contributed by atoms with Crippen LogP contribution in [0.5, 0.6) is 0 Å². The second-order valence-corrected chi connectivity index (χ2v) is 5.89. The number of methoxy groups -OCH3 is 2. The smallest absolute Gasteiger partial charge is 0.341 e. The summed E-state index contributed by atoms with van der Waals surface area (Å²) >= 11 is 0. The largest absolute Gasteiger partial charge is 0.460 e. The second-order valence-electron chi connectivity index (χ2n) is 5.89. The van der Waals surface area contributed by atoms with Crippen molar-refractivity contribution in [1.82, 2.24) is 0 Å². The van der Waals surface area contributed by atoms with Crippen LogP contribution in [0.3, 0.4) is 0 Å². The molecule has 170 valence electrons. The van der Waals surface area contributed by atoms with Crippen molar-refractivity contribution in [3.05, 3.63) is 23.3 Å². The van der Waals surface area contributed by atoms with Crippen molar-refractivity contribution in [1.29, 1.82) is 0 Å². The van der Waals surface area contributed by atoms with Crippen LogP contribution in [0.4, 0.5) is 11.4 Å². The lowest BCUT2D eigenvalue weighted by Crippen LogP contribution is -2.21. The summed E-state index contributed by atoms with van der Waals surface area (Å²) in [5, 5.41) is 5.82. The second kappa shape index (κ2) is 15.4. The molecule has 1 aromatic rings. The van der Waals surface area contributed by atoms with Crippen LogP contribution in [0.2, 0.25) is 0 Å². The third-order valence-corrected chi connectivity index (χ3v) is 3.94. The molecule has 0 saturated heterocycles. The Bertz CT molecular complexity index is 599. The van der Waals surface area contributed by atoms with Gasteiger partial charge >= 0.3 is 11.9 Å². The van der Waals surface area contributed by atoms with Crippen LogP contribution in [0.1, 0.15) is 20.7 Å². The van der Waals surface area contributed by atoms with Gasteiger partial charge < -0.3 is 39.1 Å². The summed E-state index contributed by atoms with van der Waals surface area (Å²) in [5.41, 5.74) is 1.07. The molecular formula is C20H32N2O8. The lowest BCUT2D eigenvalue weighted by Gasteiger charge is -2.17. The molecule has 1 aromatic carbocycles. The van der Waals surface area contributed by atoms with Crippen molar-refractivity contribution in [2.24, 2.45) is 0 Å². The number of nitrogens with one attached hydrogen (secondary N) is 2. The Morgan fingerprint density at radius 1 is 0.667 bits per heavy atom. The Kier molecular flexibility index (Phi) is 13.2. The molecule has 2 N–H and O–H groups in total. The number of hydrogen-bond acceptors (Lipinski definition) is 10. The normalized spacial score (nSPS) is 10.5. The number of rotatable bonds is 16. The first-order valence-electron chi connectivity index (χ1n) is 9.60. The number of benzene rings is 1. The van der Waals surface area contributed by atoms with Crippen molar-refractivity contribution in [3.8, 4) is 0 Å². The van der Waals surface area contributed by atoms with Crippen molar-refractivity contribution >= 4 is 23.3 Å².